The van der Waals surface area contributed by atoms with Crippen molar-refractivity contribution in [2.45, 2.75) is 13.1 Å². The molecule has 0 unspecified atom stereocenters. The van der Waals surface area contributed by atoms with Crippen molar-refractivity contribution in [3.8, 4) is 22.3 Å². The zero-order valence-corrected chi connectivity index (χ0v) is 41.3. The fraction of sp³-hybridized carbons (Fsp3) is 0.0294. The Bertz CT molecular complexity index is 4540. The van der Waals surface area contributed by atoms with E-state index < -0.39 is 8.07 Å². The van der Waals surface area contributed by atoms with Crippen molar-refractivity contribution >= 4 is 129 Å². The number of para-hydroxylation sites is 6. The van der Waals surface area contributed by atoms with Crippen molar-refractivity contribution in [1.82, 2.24) is 0 Å². The third kappa shape index (κ3) is 6.25. The Morgan fingerprint density at radius 1 is 0.301 bits per heavy atom. The van der Waals surface area contributed by atoms with Crippen LogP contribution in [0.1, 0.15) is 0 Å². The summed E-state index contributed by atoms with van der Waals surface area (Å²) in [6, 6.07) is 88.3. The SMILES string of the molecule is C[Si]1(C)c2cc(-c3ccc(N(c4ccccc4)c4cccc5c4oc4ccccc45)cc3)ccc2-c2cc3c4ccccc4c(N(c4ccccc4)c4cccc5c4oc4ccccc45)cc3c3cccc1c23. The van der Waals surface area contributed by atoms with Gasteiger partial charge >= 0.3 is 0 Å². The van der Waals surface area contributed by atoms with Gasteiger partial charge in [-0.1, -0.05) is 183 Å². The van der Waals surface area contributed by atoms with Gasteiger partial charge in [-0.15, -0.1) is 0 Å². The average Bonchev–Trinajstić information content (AvgIpc) is 4.03. The quantitative estimate of drug-likeness (QED) is 0.118. The highest BCUT2D eigenvalue weighted by molar-refractivity contribution is 7.03. The average molecular weight is 951 g/mol. The second kappa shape index (κ2) is 15.9. The maximum Gasteiger partial charge on any atom is 0.159 e. The Labute approximate surface area is 423 Å². The summed E-state index contributed by atoms with van der Waals surface area (Å²) >= 11 is 0. The summed E-state index contributed by atoms with van der Waals surface area (Å²) in [5, 5.41) is 15.0. The molecule has 0 spiro atoms. The molecule has 73 heavy (non-hydrogen) atoms. The Morgan fingerprint density at radius 2 is 0.795 bits per heavy atom. The Morgan fingerprint density at radius 3 is 1.45 bits per heavy atom. The van der Waals surface area contributed by atoms with Gasteiger partial charge in [0.15, 0.2) is 11.2 Å². The molecule has 15 rings (SSSR count). The molecule has 3 heterocycles. The Kier molecular flexibility index (Phi) is 9.08. The van der Waals surface area contributed by atoms with E-state index in [1.165, 1.54) is 64.9 Å². The van der Waals surface area contributed by atoms with Gasteiger partial charge in [0.1, 0.15) is 19.2 Å². The Hall–Kier alpha value is -9.16. The zero-order valence-electron chi connectivity index (χ0n) is 40.3. The number of hydrogen-bond donors (Lipinski definition) is 0. The molecule has 1 aliphatic rings. The molecule has 2 aromatic heterocycles. The summed E-state index contributed by atoms with van der Waals surface area (Å²) in [6.07, 6.45) is 0. The minimum absolute atomic E-state index is 0.874. The van der Waals surface area contributed by atoms with Crippen LogP contribution in [0.2, 0.25) is 13.1 Å². The van der Waals surface area contributed by atoms with E-state index in [-0.39, 0.29) is 0 Å². The molecule has 0 aliphatic carbocycles. The predicted molar refractivity (Wildman–Crippen MR) is 311 cm³/mol. The van der Waals surface area contributed by atoms with Crippen LogP contribution in [0.15, 0.2) is 251 Å². The van der Waals surface area contributed by atoms with Gasteiger partial charge in [-0.25, -0.2) is 0 Å². The number of furan rings is 2. The molecule has 0 bridgehead atoms. The maximum absolute atomic E-state index is 6.75. The first-order valence-corrected chi connectivity index (χ1v) is 28.2. The molecule has 0 fully saturated rings. The van der Waals surface area contributed by atoms with Crippen LogP contribution in [0.5, 0.6) is 0 Å². The van der Waals surface area contributed by atoms with Gasteiger partial charge in [0.25, 0.3) is 0 Å². The molecule has 0 amide bonds. The van der Waals surface area contributed by atoms with Crippen molar-refractivity contribution in [2.24, 2.45) is 0 Å². The molecule has 14 aromatic rings. The molecule has 4 nitrogen and oxygen atoms in total. The summed E-state index contributed by atoms with van der Waals surface area (Å²) < 4.78 is 13.3. The molecule has 5 heteroatoms. The van der Waals surface area contributed by atoms with Crippen molar-refractivity contribution in [3.05, 3.63) is 243 Å². The lowest BCUT2D eigenvalue weighted by Crippen LogP contribution is -2.55. The maximum atomic E-state index is 6.75. The third-order valence-electron chi connectivity index (χ3n) is 15.6. The predicted octanol–water partition coefficient (Wildman–Crippen LogP) is 18.4. The van der Waals surface area contributed by atoms with Crippen LogP contribution in [-0.4, -0.2) is 8.07 Å². The van der Waals surface area contributed by atoms with Crippen molar-refractivity contribution in [2.75, 3.05) is 9.80 Å². The number of benzene rings is 12. The number of rotatable bonds is 7. The van der Waals surface area contributed by atoms with Crippen molar-refractivity contribution in [1.29, 1.82) is 0 Å². The van der Waals surface area contributed by atoms with Crippen LogP contribution < -0.4 is 20.2 Å². The van der Waals surface area contributed by atoms with Gasteiger partial charge in [-0.2, -0.15) is 0 Å². The standard InChI is InChI=1S/C68H46N2O2Si/c1-73(2)64-33-17-26-53-57-42-61(70(46-20-7-4-8-21-46)60-30-16-28-55-51-25-12-14-32-63(51)72-68(55)60)49-23-10-9-22-48(49)56(57)41-58(66(53)64)52-39-36-44(40-65(52)73)43-34-37-47(38-35-43)69(45-18-5-3-6-19-45)59-29-15-27-54-50-24-11-13-31-62(50)71-67(54)59/h3-42H,1-2H3. The summed E-state index contributed by atoms with van der Waals surface area (Å²) in [7, 11) is -2.25. The highest BCUT2D eigenvalue weighted by atomic mass is 28.3. The van der Waals surface area contributed by atoms with Gasteiger partial charge in [-0.05, 0) is 132 Å². The molecule has 0 radical (unpaired) electrons. The second-order valence-electron chi connectivity index (χ2n) is 20.0. The normalized spacial score (nSPS) is 12.9. The number of nitrogens with zero attached hydrogens (tertiary/aromatic N) is 2. The van der Waals surface area contributed by atoms with E-state index in [9.17, 15) is 0 Å². The van der Waals surface area contributed by atoms with E-state index in [1.807, 2.05) is 12.1 Å². The topological polar surface area (TPSA) is 32.8 Å². The molecule has 344 valence electrons. The van der Waals surface area contributed by atoms with Crippen LogP contribution >= 0.6 is 0 Å². The van der Waals surface area contributed by atoms with Gasteiger partial charge in [0.2, 0.25) is 0 Å². The first-order valence-electron chi connectivity index (χ1n) is 25.2. The minimum atomic E-state index is -2.25. The van der Waals surface area contributed by atoms with Crippen LogP contribution in [0.3, 0.4) is 0 Å². The number of hydrogen-bond acceptors (Lipinski definition) is 4. The van der Waals surface area contributed by atoms with Crippen LogP contribution in [-0.2, 0) is 0 Å². The van der Waals surface area contributed by atoms with Gasteiger partial charge in [0, 0.05) is 44.0 Å². The molecule has 0 N–H and O–H groups in total. The van der Waals surface area contributed by atoms with Gasteiger partial charge in [0.05, 0.1) is 17.1 Å². The summed E-state index contributed by atoms with van der Waals surface area (Å²) in [6.45, 7) is 5.07. The van der Waals surface area contributed by atoms with Crippen LogP contribution in [0.25, 0.3) is 98.4 Å². The fourth-order valence-corrected chi connectivity index (χ4v) is 15.3. The molecular formula is C68H46N2O2Si. The van der Waals surface area contributed by atoms with Crippen LogP contribution in [0, 0.1) is 0 Å². The lowest BCUT2D eigenvalue weighted by atomic mass is 9.89. The van der Waals surface area contributed by atoms with E-state index in [0.29, 0.717) is 0 Å². The van der Waals surface area contributed by atoms with Crippen molar-refractivity contribution in [3.63, 3.8) is 0 Å². The lowest BCUT2D eigenvalue weighted by molar-refractivity contribution is 0.668. The highest BCUT2D eigenvalue weighted by Gasteiger charge is 2.36. The third-order valence-corrected chi connectivity index (χ3v) is 19.1. The van der Waals surface area contributed by atoms with Crippen molar-refractivity contribution < 1.29 is 8.83 Å². The summed E-state index contributed by atoms with van der Waals surface area (Å²) in [5.41, 5.74) is 14.9. The Balaban J connectivity index is 0.879. The monoisotopic (exact) mass is 950 g/mol. The highest BCUT2D eigenvalue weighted by Crippen LogP contribution is 2.49. The zero-order chi connectivity index (χ0) is 48.4. The second-order valence-corrected chi connectivity index (χ2v) is 24.3. The lowest BCUT2D eigenvalue weighted by Gasteiger charge is -2.35. The number of fused-ring (bicyclic) bond motifs is 12. The first-order chi connectivity index (χ1) is 36.0. The van der Waals surface area contributed by atoms with E-state index in [0.717, 1.165) is 78.0 Å². The smallest absolute Gasteiger partial charge is 0.159 e. The van der Waals surface area contributed by atoms with E-state index in [4.69, 9.17) is 8.83 Å². The summed E-state index contributed by atoms with van der Waals surface area (Å²) in [5.74, 6) is 0. The molecule has 0 saturated carbocycles. The molecule has 0 saturated heterocycles. The number of anilines is 6. The fourth-order valence-electron chi connectivity index (χ4n) is 12.2. The van der Waals surface area contributed by atoms with Gasteiger partial charge < -0.3 is 18.6 Å². The van der Waals surface area contributed by atoms with E-state index in [1.54, 1.807) is 0 Å². The van der Waals surface area contributed by atoms with E-state index >= 15 is 0 Å². The molecule has 1 aliphatic heterocycles. The largest absolute Gasteiger partial charge is 0.454 e. The molecule has 12 aromatic carbocycles. The van der Waals surface area contributed by atoms with E-state index in [2.05, 4.69) is 253 Å². The van der Waals surface area contributed by atoms with Crippen LogP contribution in [0.4, 0.5) is 34.1 Å². The summed E-state index contributed by atoms with van der Waals surface area (Å²) in [4.78, 5) is 4.72. The first kappa shape index (κ1) is 41.6. The van der Waals surface area contributed by atoms with Gasteiger partial charge in [-0.3, -0.25) is 0 Å². The molecular weight excluding hydrogens is 905 g/mol. The minimum Gasteiger partial charge on any atom is -0.454 e. The molecule has 0 atom stereocenters.